The number of nitrogens with zero attached hydrogens (tertiary/aromatic N) is 1. The molecule has 1 aromatic carbocycles. The largest absolute Gasteiger partial charge is 0.198 e. The smallest absolute Gasteiger partial charge is 0.0693 e. The molecule has 0 bridgehead atoms. The van der Waals surface area contributed by atoms with Gasteiger partial charge in [-0.2, -0.15) is 5.26 Å². The van der Waals surface area contributed by atoms with Gasteiger partial charge in [0.05, 0.1) is 11.5 Å². The molecule has 0 amide bonds. The van der Waals surface area contributed by atoms with Crippen LogP contribution in [0.1, 0.15) is 38.2 Å². The Labute approximate surface area is 117 Å². The molecule has 1 fully saturated rings. The Balaban J connectivity index is 2.11. The van der Waals surface area contributed by atoms with Crippen molar-refractivity contribution in [1.82, 2.24) is 0 Å². The number of hydrogen-bond acceptors (Lipinski definition) is 1. The second kappa shape index (κ2) is 5.39. The number of rotatable bonds is 3. The molecule has 1 saturated carbocycles. The number of halogens is 1. The molecule has 90 valence electrons. The van der Waals surface area contributed by atoms with Gasteiger partial charge in [0.25, 0.3) is 0 Å². The van der Waals surface area contributed by atoms with Gasteiger partial charge in [0.15, 0.2) is 0 Å². The third-order valence-corrected chi connectivity index (χ3v) is 4.70. The van der Waals surface area contributed by atoms with E-state index in [1.165, 1.54) is 22.0 Å². The minimum absolute atomic E-state index is 0.0898. The summed E-state index contributed by atoms with van der Waals surface area (Å²) in [6.45, 7) is 2.24. The van der Waals surface area contributed by atoms with Crippen LogP contribution in [0.25, 0.3) is 0 Å². The molecule has 1 aliphatic rings. The zero-order valence-electron chi connectivity index (χ0n) is 10.2. The van der Waals surface area contributed by atoms with Gasteiger partial charge in [-0.3, -0.25) is 0 Å². The molecule has 17 heavy (non-hydrogen) atoms. The van der Waals surface area contributed by atoms with Gasteiger partial charge in [-0.1, -0.05) is 25.5 Å². The van der Waals surface area contributed by atoms with Crippen LogP contribution in [0, 0.1) is 26.2 Å². The van der Waals surface area contributed by atoms with Crippen molar-refractivity contribution in [3.8, 4) is 6.07 Å². The summed E-state index contributed by atoms with van der Waals surface area (Å²) >= 11 is 2.32. The number of benzene rings is 1. The van der Waals surface area contributed by atoms with Crippen LogP contribution in [0.15, 0.2) is 24.3 Å². The van der Waals surface area contributed by atoms with Crippen molar-refractivity contribution >= 4 is 22.6 Å². The quantitative estimate of drug-likeness (QED) is 0.741. The van der Waals surface area contributed by atoms with E-state index >= 15 is 0 Å². The third-order valence-electron chi connectivity index (χ3n) is 3.98. The predicted molar refractivity (Wildman–Crippen MR) is 78.5 cm³/mol. The minimum Gasteiger partial charge on any atom is -0.198 e. The molecule has 2 rings (SSSR count). The molecule has 1 nitrogen and oxygen atoms in total. The number of hydrogen-bond donors (Lipinski definition) is 0. The SMILES string of the molecule is CCC1CCC(C#N)(Cc2ccc(I)cc2)C1. The average Bonchev–Trinajstić information content (AvgIpc) is 2.76. The maximum Gasteiger partial charge on any atom is 0.0693 e. The van der Waals surface area contributed by atoms with Crippen LogP contribution < -0.4 is 0 Å². The van der Waals surface area contributed by atoms with Gasteiger partial charge in [-0.25, -0.2) is 0 Å². The van der Waals surface area contributed by atoms with Crippen LogP contribution >= 0.6 is 22.6 Å². The Hall–Kier alpha value is -0.560. The number of nitriles is 1. The van der Waals surface area contributed by atoms with Crippen molar-refractivity contribution in [2.75, 3.05) is 0 Å². The summed E-state index contributed by atoms with van der Waals surface area (Å²) in [7, 11) is 0. The summed E-state index contributed by atoms with van der Waals surface area (Å²) in [5, 5.41) is 9.49. The van der Waals surface area contributed by atoms with E-state index in [1.54, 1.807) is 0 Å². The van der Waals surface area contributed by atoms with Crippen molar-refractivity contribution in [1.29, 1.82) is 5.26 Å². The molecule has 2 atom stereocenters. The van der Waals surface area contributed by atoms with Crippen LogP contribution in [0.5, 0.6) is 0 Å². The van der Waals surface area contributed by atoms with Gasteiger partial charge in [0.1, 0.15) is 0 Å². The maximum absolute atomic E-state index is 9.49. The second-order valence-corrected chi connectivity index (χ2v) is 6.46. The first kappa shape index (κ1) is 12.9. The molecule has 2 unspecified atom stereocenters. The van der Waals surface area contributed by atoms with E-state index in [9.17, 15) is 5.26 Å². The first-order chi connectivity index (χ1) is 8.17. The molecule has 0 N–H and O–H groups in total. The van der Waals surface area contributed by atoms with Gasteiger partial charge in [0.2, 0.25) is 0 Å². The van der Waals surface area contributed by atoms with E-state index in [4.69, 9.17) is 0 Å². The van der Waals surface area contributed by atoms with Gasteiger partial charge < -0.3 is 0 Å². The molecule has 1 aliphatic carbocycles. The lowest BCUT2D eigenvalue weighted by Crippen LogP contribution is -2.18. The minimum atomic E-state index is -0.0898. The second-order valence-electron chi connectivity index (χ2n) is 5.21. The fraction of sp³-hybridized carbons (Fsp3) is 0.533. The Morgan fingerprint density at radius 1 is 1.41 bits per heavy atom. The zero-order chi connectivity index (χ0) is 12.3. The monoisotopic (exact) mass is 339 g/mol. The summed E-state index contributed by atoms with van der Waals surface area (Å²) in [6.07, 6.45) is 5.54. The van der Waals surface area contributed by atoms with Crippen molar-refractivity contribution in [3.05, 3.63) is 33.4 Å². The van der Waals surface area contributed by atoms with Gasteiger partial charge in [0, 0.05) is 3.57 Å². The Kier molecular flexibility index (Phi) is 4.09. The van der Waals surface area contributed by atoms with E-state index in [1.807, 2.05) is 0 Å². The van der Waals surface area contributed by atoms with E-state index in [-0.39, 0.29) is 5.41 Å². The lowest BCUT2D eigenvalue weighted by Gasteiger charge is -2.21. The topological polar surface area (TPSA) is 23.8 Å². The highest BCUT2D eigenvalue weighted by Gasteiger charge is 2.38. The van der Waals surface area contributed by atoms with Crippen molar-refractivity contribution in [3.63, 3.8) is 0 Å². The molecular weight excluding hydrogens is 321 g/mol. The third kappa shape index (κ3) is 3.01. The molecular formula is C15H18IN. The van der Waals surface area contributed by atoms with Crippen LogP contribution in [-0.4, -0.2) is 0 Å². The molecule has 2 heteroatoms. The fourth-order valence-electron chi connectivity index (χ4n) is 2.88. The predicted octanol–water partition coefficient (Wildman–Crippen LogP) is 4.55. The summed E-state index contributed by atoms with van der Waals surface area (Å²) < 4.78 is 1.26. The highest BCUT2D eigenvalue weighted by Crippen LogP contribution is 2.44. The van der Waals surface area contributed by atoms with E-state index in [0.717, 1.165) is 25.2 Å². The molecule has 0 aromatic heterocycles. The lowest BCUT2D eigenvalue weighted by atomic mass is 9.80. The van der Waals surface area contributed by atoms with E-state index in [0.29, 0.717) is 0 Å². The first-order valence-electron chi connectivity index (χ1n) is 6.33. The average molecular weight is 339 g/mol. The first-order valence-corrected chi connectivity index (χ1v) is 7.41. The van der Waals surface area contributed by atoms with E-state index < -0.39 is 0 Å². The highest BCUT2D eigenvalue weighted by atomic mass is 127. The molecule has 1 aromatic rings. The van der Waals surface area contributed by atoms with Crippen LogP contribution in [0.3, 0.4) is 0 Å². The Morgan fingerprint density at radius 3 is 2.65 bits per heavy atom. The zero-order valence-corrected chi connectivity index (χ0v) is 12.4. The lowest BCUT2D eigenvalue weighted by molar-refractivity contribution is 0.381. The van der Waals surface area contributed by atoms with Gasteiger partial charge in [-0.15, -0.1) is 0 Å². The summed E-state index contributed by atoms with van der Waals surface area (Å²) in [5.41, 5.74) is 1.22. The highest BCUT2D eigenvalue weighted by molar-refractivity contribution is 14.1. The summed E-state index contributed by atoms with van der Waals surface area (Å²) in [5.74, 6) is 0.762. The molecule has 0 spiro atoms. The molecule has 0 saturated heterocycles. The van der Waals surface area contributed by atoms with Crippen molar-refractivity contribution < 1.29 is 0 Å². The fourth-order valence-corrected chi connectivity index (χ4v) is 3.24. The normalized spacial score (nSPS) is 27.9. The van der Waals surface area contributed by atoms with Crippen molar-refractivity contribution in [2.24, 2.45) is 11.3 Å². The molecule has 0 heterocycles. The van der Waals surface area contributed by atoms with Crippen molar-refractivity contribution in [2.45, 2.75) is 39.0 Å². The molecule has 0 radical (unpaired) electrons. The molecule has 0 aliphatic heterocycles. The van der Waals surface area contributed by atoms with Crippen LogP contribution in [0.2, 0.25) is 0 Å². The van der Waals surface area contributed by atoms with E-state index in [2.05, 4.69) is 59.8 Å². The Bertz CT molecular complexity index is 418. The van der Waals surface area contributed by atoms with Gasteiger partial charge in [-0.05, 0) is 71.9 Å². The Morgan fingerprint density at radius 2 is 2.12 bits per heavy atom. The van der Waals surface area contributed by atoms with Crippen LogP contribution in [0.4, 0.5) is 0 Å². The van der Waals surface area contributed by atoms with Crippen LogP contribution in [-0.2, 0) is 6.42 Å². The maximum atomic E-state index is 9.49. The van der Waals surface area contributed by atoms with Gasteiger partial charge >= 0.3 is 0 Å². The summed E-state index contributed by atoms with van der Waals surface area (Å²) in [6, 6.07) is 11.2. The standard InChI is InChI=1S/C15H18IN/c1-2-12-7-8-15(9-12,11-17)10-13-3-5-14(16)6-4-13/h3-6,12H,2,7-10H2,1H3. The summed E-state index contributed by atoms with van der Waals surface area (Å²) in [4.78, 5) is 0.